The molecule has 3 unspecified atom stereocenters. The molecule has 0 saturated carbocycles. The summed E-state index contributed by atoms with van der Waals surface area (Å²) >= 11 is 0. The van der Waals surface area contributed by atoms with Crippen LogP contribution in [0, 0.1) is 5.92 Å². The smallest absolute Gasteiger partial charge is 0.331 e. The predicted molar refractivity (Wildman–Crippen MR) is 75.1 cm³/mol. The van der Waals surface area contributed by atoms with E-state index in [2.05, 4.69) is 19.3 Å². The monoisotopic (exact) mass is 283 g/mol. The number of hydrazine groups is 1. The first kappa shape index (κ1) is 15.1. The molecule has 3 atom stereocenters. The minimum Gasteiger partial charge on any atom is -0.481 e. The van der Waals surface area contributed by atoms with Gasteiger partial charge in [0.1, 0.15) is 0 Å². The van der Waals surface area contributed by atoms with Crippen molar-refractivity contribution in [2.45, 2.75) is 58.0 Å². The number of hydrogen-bond donors (Lipinski definition) is 2. The van der Waals surface area contributed by atoms with Gasteiger partial charge in [0.15, 0.2) is 0 Å². The summed E-state index contributed by atoms with van der Waals surface area (Å²) in [6, 6.07) is 0.516. The third-order valence-corrected chi connectivity index (χ3v) is 4.48. The van der Waals surface area contributed by atoms with Gasteiger partial charge in [0.25, 0.3) is 0 Å². The Kier molecular flexibility index (Phi) is 4.86. The molecule has 114 valence electrons. The number of carbonyl (C=O) groups is 2. The van der Waals surface area contributed by atoms with Gasteiger partial charge in [-0.15, -0.1) is 0 Å². The maximum absolute atomic E-state index is 12.3. The molecule has 0 aromatic rings. The van der Waals surface area contributed by atoms with Crippen LogP contribution in [-0.4, -0.2) is 52.2 Å². The summed E-state index contributed by atoms with van der Waals surface area (Å²) in [6.07, 6.45) is 4.79. The lowest BCUT2D eigenvalue weighted by molar-refractivity contribution is -0.143. The minimum absolute atomic E-state index is 0.156. The Balaban J connectivity index is 1.92. The highest BCUT2D eigenvalue weighted by Crippen LogP contribution is 2.21. The molecule has 0 bridgehead atoms. The van der Waals surface area contributed by atoms with Crippen LogP contribution < -0.4 is 5.43 Å². The number of nitrogens with zero attached hydrogens (tertiary/aromatic N) is 2. The Morgan fingerprint density at radius 1 is 1.10 bits per heavy atom. The van der Waals surface area contributed by atoms with Gasteiger partial charge in [-0.25, -0.2) is 9.80 Å². The fourth-order valence-electron chi connectivity index (χ4n) is 3.19. The van der Waals surface area contributed by atoms with Gasteiger partial charge < -0.3 is 10.0 Å². The zero-order valence-corrected chi connectivity index (χ0v) is 12.3. The Hall–Kier alpha value is -1.30. The number of nitrogens with one attached hydrogen (secondary N) is 1. The van der Waals surface area contributed by atoms with Crippen LogP contribution in [0.4, 0.5) is 4.79 Å². The normalized spacial score (nSPS) is 31.9. The van der Waals surface area contributed by atoms with Crippen molar-refractivity contribution in [2.75, 3.05) is 13.1 Å². The van der Waals surface area contributed by atoms with Gasteiger partial charge in [0.2, 0.25) is 0 Å². The molecule has 2 rings (SSSR count). The summed E-state index contributed by atoms with van der Waals surface area (Å²) in [4.78, 5) is 25.0. The van der Waals surface area contributed by atoms with E-state index < -0.39 is 11.9 Å². The number of urea groups is 1. The molecule has 6 heteroatoms. The molecule has 0 aliphatic carbocycles. The maximum Gasteiger partial charge on any atom is 0.331 e. The van der Waals surface area contributed by atoms with Gasteiger partial charge in [-0.3, -0.25) is 10.2 Å². The largest absolute Gasteiger partial charge is 0.481 e. The standard InChI is InChI=1S/C14H25N3O3/c1-10-5-3-6-11(2)17(10)15-14(20)16-8-4-7-12(9-16)13(18)19/h10-12H,3-9H2,1-2H3,(H,15,20)(H,18,19). The minimum atomic E-state index is -0.804. The van der Waals surface area contributed by atoms with E-state index in [0.29, 0.717) is 31.6 Å². The first-order chi connectivity index (χ1) is 9.49. The predicted octanol–water partition coefficient (Wildman–Crippen LogP) is 1.67. The van der Waals surface area contributed by atoms with Gasteiger partial charge in [0.05, 0.1) is 5.92 Å². The van der Waals surface area contributed by atoms with Crippen LogP contribution in [0.2, 0.25) is 0 Å². The third kappa shape index (κ3) is 3.42. The number of hydrogen-bond acceptors (Lipinski definition) is 3. The quantitative estimate of drug-likeness (QED) is 0.808. The average molecular weight is 283 g/mol. The van der Waals surface area contributed by atoms with Crippen molar-refractivity contribution in [2.24, 2.45) is 5.92 Å². The highest BCUT2D eigenvalue weighted by Gasteiger charge is 2.31. The Bertz CT molecular complexity index is 365. The van der Waals surface area contributed by atoms with Crippen molar-refractivity contribution in [3.05, 3.63) is 0 Å². The lowest BCUT2D eigenvalue weighted by Crippen LogP contribution is -2.58. The second kappa shape index (κ2) is 6.43. The molecule has 20 heavy (non-hydrogen) atoms. The molecule has 6 nitrogen and oxygen atoms in total. The number of rotatable bonds is 2. The Labute approximate surface area is 120 Å². The summed E-state index contributed by atoms with van der Waals surface area (Å²) in [5.74, 6) is -1.23. The molecule has 0 radical (unpaired) electrons. The van der Waals surface area contributed by atoms with Crippen LogP contribution in [-0.2, 0) is 4.79 Å². The number of piperidine rings is 2. The molecule has 2 N–H and O–H groups in total. The summed E-state index contributed by atoms with van der Waals surface area (Å²) in [6.45, 7) is 5.20. The molecular formula is C14H25N3O3. The highest BCUT2D eigenvalue weighted by atomic mass is 16.4. The Morgan fingerprint density at radius 2 is 1.75 bits per heavy atom. The van der Waals surface area contributed by atoms with E-state index >= 15 is 0 Å². The van der Waals surface area contributed by atoms with E-state index in [1.165, 1.54) is 6.42 Å². The molecule has 2 saturated heterocycles. The van der Waals surface area contributed by atoms with E-state index in [4.69, 9.17) is 5.11 Å². The highest BCUT2D eigenvalue weighted by molar-refractivity contribution is 5.76. The van der Waals surface area contributed by atoms with Gasteiger partial charge in [-0.2, -0.15) is 0 Å². The molecule has 2 amide bonds. The van der Waals surface area contributed by atoms with Crippen molar-refractivity contribution in [1.29, 1.82) is 0 Å². The zero-order chi connectivity index (χ0) is 14.7. The van der Waals surface area contributed by atoms with Crippen molar-refractivity contribution >= 4 is 12.0 Å². The second-order valence-corrected chi connectivity index (χ2v) is 6.08. The molecule has 2 heterocycles. The van der Waals surface area contributed by atoms with Gasteiger partial charge in [-0.1, -0.05) is 6.42 Å². The SMILES string of the molecule is CC1CCCC(C)N1NC(=O)N1CCCC(C(=O)O)C1. The molecule has 2 aliphatic rings. The summed E-state index contributed by atoms with van der Waals surface area (Å²) in [5, 5.41) is 11.1. The first-order valence-electron chi connectivity index (χ1n) is 7.55. The van der Waals surface area contributed by atoms with Crippen molar-refractivity contribution in [3.8, 4) is 0 Å². The van der Waals surface area contributed by atoms with Crippen molar-refractivity contribution < 1.29 is 14.7 Å². The number of likely N-dealkylation sites (tertiary alicyclic amines) is 1. The summed E-state index contributed by atoms with van der Waals surface area (Å²) < 4.78 is 0. The van der Waals surface area contributed by atoms with E-state index in [9.17, 15) is 9.59 Å². The second-order valence-electron chi connectivity index (χ2n) is 6.08. The zero-order valence-electron chi connectivity index (χ0n) is 12.3. The van der Waals surface area contributed by atoms with Crippen LogP contribution in [0.1, 0.15) is 46.0 Å². The first-order valence-corrected chi connectivity index (χ1v) is 7.55. The molecule has 0 aromatic carbocycles. The maximum atomic E-state index is 12.3. The van der Waals surface area contributed by atoms with Crippen LogP contribution in [0.15, 0.2) is 0 Å². The number of amides is 2. The van der Waals surface area contributed by atoms with E-state index in [0.717, 1.165) is 19.3 Å². The van der Waals surface area contributed by atoms with Crippen LogP contribution in [0.3, 0.4) is 0 Å². The summed E-state index contributed by atoms with van der Waals surface area (Å²) in [7, 11) is 0. The van der Waals surface area contributed by atoms with Crippen LogP contribution in [0.5, 0.6) is 0 Å². The molecular weight excluding hydrogens is 258 g/mol. The molecule has 0 aromatic heterocycles. The van der Waals surface area contributed by atoms with Gasteiger partial charge in [-0.05, 0) is 39.5 Å². The fraction of sp³-hybridized carbons (Fsp3) is 0.857. The number of carbonyl (C=O) groups excluding carboxylic acids is 1. The van der Waals surface area contributed by atoms with Gasteiger partial charge >= 0.3 is 12.0 Å². The van der Waals surface area contributed by atoms with E-state index in [1.54, 1.807) is 4.90 Å². The average Bonchev–Trinajstić information content (AvgIpc) is 2.43. The molecule has 2 aliphatic heterocycles. The van der Waals surface area contributed by atoms with Crippen molar-refractivity contribution in [1.82, 2.24) is 15.3 Å². The third-order valence-electron chi connectivity index (χ3n) is 4.48. The number of aliphatic carboxylic acids is 1. The van der Waals surface area contributed by atoms with E-state index in [-0.39, 0.29) is 6.03 Å². The lowest BCUT2D eigenvalue weighted by atomic mass is 9.98. The molecule has 0 spiro atoms. The van der Waals surface area contributed by atoms with Gasteiger partial charge in [0, 0.05) is 25.2 Å². The van der Waals surface area contributed by atoms with E-state index in [1.807, 2.05) is 5.01 Å². The van der Waals surface area contributed by atoms with Crippen LogP contribution >= 0.6 is 0 Å². The topological polar surface area (TPSA) is 72.9 Å². The number of carboxylic acids is 1. The summed E-state index contributed by atoms with van der Waals surface area (Å²) in [5.41, 5.74) is 2.97. The van der Waals surface area contributed by atoms with Crippen LogP contribution in [0.25, 0.3) is 0 Å². The fourth-order valence-corrected chi connectivity index (χ4v) is 3.19. The lowest BCUT2D eigenvalue weighted by Gasteiger charge is -2.40. The number of carboxylic acid groups (broad SMARTS) is 1. The molecule has 2 fully saturated rings. The van der Waals surface area contributed by atoms with Crippen molar-refractivity contribution in [3.63, 3.8) is 0 Å². The Morgan fingerprint density at radius 3 is 2.35 bits per heavy atom.